The number of carboxylic acids is 1. The van der Waals surface area contributed by atoms with Gasteiger partial charge >= 0.3 is 5.97 Å². The Bertz CT molecular complexity index is 541. The molecule has 1 N–H and O–H groups in total. The molecule has 1 aliphatic heterocycles. The van der Waals surface area contributed by atoms with Gasteiger partial charge in [-0.05, 0) is 17.7 Å². The van der Waals surface area contributed by atoms with Crippen molar-refractivity contribution in [3.8, 4) is 0 Å². The number of hydrogen-bond acceptors (Lipinski definition) is 4. The van der Waals surface area contributed by atoms with Crippen LogP contribution in [-0.4, -0.2) is 51.7 Å². The Kier molecular flexibility index (Phi) is 6.92. The molecule has 1 fully saturated rings. The summed E-state index contributed by atoms with van der Waals surface area (Å²) in [7, 11) is 0. The molecule has 4 nitrogen and oxygen atoms in total. The number of thioether (sulfide) groups is 2. The molecule has 7 heteroatoms. The topological polar surface area (TPSA) is 57.6 Å². The largest absolute Gasteiger partial charge is 0.481 e. The lowest BCUT2D eigenvalue weighted by Gasteiger charge is -2.34. The number of hydrogen-bond donors (Lipinski definition) is 1. The minimum absolute atomic E-state index is 0.0255. The Morgan fingerprint density at radius 1 is 1.45 bits per heavy atom. The van der Waals surface area contributed by atoms with Gasteiger partial charge in [0.05, 0.1) is 18.2 Å². The minimum Gasteiger partial charge on any atom is -0.481 e. The molecule has 1 saturated heterocycles. The summed E-state index contributed by atoms with van der Waals surface area (Å²) in [6, 6.07) is 7.40. The van der Waals surface area contributed by atoms with Crippen LogP contribution in [0.2, 0.25) is 5.02 Å². The fraction of sp³-hybridized carbons (Fsp3) is 0.467. The third-order valence-electron chi connectivity index (χ3n) is 3.34. The number of rotatable bonds is 6. The molecule has 0 aromatic heterocycles. The fourth-order valence-corrected chi connectivity index (χ4v) is 4.45. The number of carbonyl (C=O) groups excluding carboxylic acids is 1. The van der Waals surface area contributed by atoms with Crippen LogP contribution < -0.4 is 0 Å². The summed E-state index contributed by atoms with van der Waals surface area (Å²) in [5.74, 6) is 1.85. The highest BCUT2D eigenvalue weighted by Gasteiger charge is 2.28. The zero-order chi connectivity index (χ0) is 15.9. The van der Waals surface area contributed by atoms with E-state index in [-0.39, 0.29) is 18.4 Å². The van der Waals surface area contributed by atoms with E-state index in [1.807, 2.05) is 24.3 Å². The molecule has 1 amide bonds. The fourth-order valence-electron chi connectivity index (χ4n) is 2.32. The zero-order valence-corrected chi connectivity index (χ0v) is 14.4. The molecule has 1 aliphatic rings. The van der Waals surface area contributed by atoms with Crippen LogP contribution in [0.15, 0.2) is 24.3 Å². The van der Waals surface area contributed by atoms with Crippen LogP contribution in [0.4, 0.5) is 0 Å². The van der Waals surface area contributed by atoms with Gasteiger partial charge in [-0.2, -0.15) is 11.8 Å². The van der Waals surface area contributed by atoms with E-state index in [4.69, 9.17) is 16.7 Å². The maximum atomic E-state index is 12.3. The lowest BCUT2D eigenvalue weighted by atomic mass is 10.2. The summed E-state index contributed by atoms with van der Waals surface area (Å²) in [4.78, 5) is 25.0. The quantitative estimate of drug-likeness (QED) is 0.846. The summed E-state index contributed by atoms with van der Waals surface area (Å²) in [6.45, 7) is 0.638. The van der Waals surface area contributed by atoms with Gasteiger partial charge in [-0.15, -0.1) is 11.8 Å². The van der Waals surface area contributed by atoms with Gasteiger partial charge in [-0.1, -0.05) is 23.7 Å². The van der Waals surface area contributed by atoms with Crippen molar-refractivity contribution in [3.63, 3.8) is 0 Å². The molecule has 120 valence electrons. The van der Waals surface area contributed by atoms with Crippen LogP contribution in [0.25, 0.3) is 0 Å². The van der Waals surface area contributed by atoms with Gasteiger partial charge in [0.25, 0.3) is 0 Å². The molecule has 1 atom stereocenters. The number of carboxylic acid groups (broad SMARTS) is 1. The molecule has 1 heterocycles. The van der Waals surface area contributed by atoms with Crippen molar-refractivity contribution < 1.29 is 14.7 Å². The molecule has 22 heavy (non-hydrogen) atoms. The van der Waals surface area contributed by atoms with E-state index < -0.39 is 5.97 Å². The number of amides is 1. The Morgan fingerprint density at radius 2 is 2.27 bits per heavy atom. The molecule has 1 aromatic carbocycles. The lowest BCUT2D eigenvalue weighted by Crippen LogP contribution is -2.47. The number of halogens is 1. The second kappa shape index (κ2) is 8.70. The molecular weight excluding hydrogens is 342 g/mol. The van der Waals surface area contributed by atoms with Gasteiger partial charge in [-0.3, -0.25) is 9.59 Å². The van der Waals surface area contributed by atoms with Crippen molar-refractivity contribution >= 4 is 47.0 Å². The van der Waals surface area contributed by atoms with Gasteiger partial charge in [-0.25, -0.2) is 0 Å². The van der Waals surface area contributed by atoms with E-state index in [2.05, 4.69) is 0 Å². The number of carbonyl (C=O) groups is 2. The molecule has 2 rings (SSSR count). The zero-order valence-electron chi connectivity index (χ0n) is 12.0. The van der Waals surface area contributed by atoms with E-state index in [1.54, 1.807) is 16.7 Å². The third-order valence-corrected chi connectivity index (χ3v) is 5.66. The summed E-state index contributed by atoms with van der Waals surface area (Å²) in [5, 5.41) is 9.64. The first-order valence-electron chi connectivity index (χ1n) is 6.97. The Labute approximate surface area is 143 Å². The monoisotopic (exact) mass is 359 g/mol. The highest BCUT2D eigenvalue weighted by molar-refractivity contribution is 7.99. The van der Waals surface area contributed by atoms with Crippen LogP contribution in [0.5, 0.6) is 0 Å². The smallest absolute Gasteiger partial charge is 0.305 e. The van der Waals surface area contributed by atoms with Gasteiger partial charge in [0, 0.05) is 28.8 Å². The SMILES string of the molecule is O=C(O)CC1CSCCN1C(=O)CSCc1cccc(Cl)c1. The summed E-state index contributed by atoms with van der Waals surface area (Å²) < 4.78 is 0. The van der Waals surface area contributed by atoms with Crippen molar-refractivity contribution in [1.29, 1.82) is 0 Å². The van der Waals surface area contributed by atoms with Crippen molar-refractivity contribution in [2.75, 3.05) is 23.8 Å². The average Bonchev–Trinajstić information content (AvgIpc) is 2.47. The maximum absolute atomic E-state index is 12.3. The summed E-state index contributed by atoms with van der Waals surface area (Å²) in [5.41, 5.74) is 1.08. The van der Waals surface area contributed by atoms with Crippen LogP contribution >= 0.6 is 35.1 Å². The number of benzene rings is 1. The van der Waals surface area contributed by atoms with Crippen LogP contribution in [0.3, 0.4) is 0 Å². The first kappa shape index (κ1) is 17.5. The van der Waals surface area contributed by atoms with Crippen LogP contribution in [-0.2, 0) is 15.3 Å². The Balaban J connectivity index is 1.83. The van der Waals surface area contributed by atoms with Crippen LogP contribution in [0.1, 0.15) is 12.0 Å². The van der Waals surface area contributed by atoms with Gasteiger partial charge in [0.2, 0.25) is 5.91 Å². The molecule has 1 aromatic rings. The molecule has 0 spiro atoms. The van der Waals surface area contributed by atoms with Crippen molar-refractivity contribution in [3.05, 3.63) is 34.9 Å². The molecule has 0 radical (unpaired) electrons. The van der Waals surface area contributed by atoms with Gasteiger partial charge in [0.15, 0.2) is 0 Å². The van der Waals surface area contributed by atoms with Crippen molar-refractivity contribution in [2.24, 2.45) is 0 Å². The molecule has 0 saturated carbocycles. The minimum atomic E-state index is -0.850. The number of aliphatic carboxylic acids is 1. The van der Waals surface area contributed by atoms with E-state index in [9.17, 15) is 9.59 Å². The summed E-state index contributed by atoms with van der Waals surface area (Å²) in [6.07, 6.45) is 0.0255. The Morgan fingerprint density at radius 3 is 3.00 bits per heavy atom. The first-order chi connectivity index (χ1) is 10.6. The second-order valence-electron chi connectivity index (χ2n) is 5.04. The second-order valence-corrected chi connectivity index (χ2v) is 7.61. The van der Waals surface area contributed by atoms with Gasteiger partial charge in [0.1, 0.15) is 0 Å². The highest BCUT2D eigenvalue weighted by atomic mass is 35.5. The molecular formula is C15H18ClNO3S2. The summed E-state index contributed by atoms with van der Waals surface area (Å²) >= 11 is 9.18. The van der Waals surface area contributed by atoms with Gasteiger partial charge < -0.3 is 10.0 Å². The normalized spacial score (nSPS) is 18.2. The van der Waals surface area contributed by atoms with Crippen molar-refractivity contribution in [2.45, 2.75) is 18.2 Å². The highest BCUT2D eigenvalue weighted by Crippen LogP contribution is 2.22. The van der Waals surface area contributed by atoms with E-state index in [0.29, 0.717) is 23.1 Å². The Hall–Kier alpha value is -0.850. The van der Waals surface area contributed by atoms with E-state index in [1.165, 1.54) is 11.8 Å². The third kappa shape index (κ3) is 5.41. The standard InChI is InChI=1S/C15H18ClNO3S2/c16-12-3-1-2-11(6-12)8-22-10-14(18)17-4-5-21-9-13(17)7-15(19)20/h1-3,6,13H,4-5,7-10H2,(H,19,20). The molecule has 0 aliphatic carbocycles. The van der Waals surface area contributed by atoms with E-state index in [0.717, 1.165) is 17.1 Å². The predicted molar refractivity (Wildman–Crippen MR) is 92.7 cm³/mol. The van der Waals surface area contributed by atoms with Crippen molar-refractivity contribution in [1.82, 2.24) is 4.90 Å². The van der Waals surface area contributed by atoms with E-state index >= 15 is 0 Å². The van der Waals surface area contributed by atoms with Crippen LogP contribution in [0, 0.1) is 0 Å². The first-order valence-corrected chi connectivity index (χ1v) is 9.66. The predicted octanol–water partition coefficient (Wildman–Crippen LogP) is 2.99. The molecule has 1 unspecified atom stereocenters. The molecule has 0 bridgehead atoms. The number of nitrogens with zero attached hydrogens (tertiary/aromatic N) is 1. The average molecular weight is 360 g/mol. The lowest BCUT2D eigenvalue weighted by molar-refractivity contribution is -0.139. The maximum Gasteiger partial charge on any atom is 0.305 e.